The fourth-order valence-corrected chi connectivity index (χ4v) is 2.48. The largest absolute Gasteiger partial charge is 0.294 e. The van der Waals surface area contributed by atoms with Gasteiger partial charge in [-0.15, -0.1) is 0 Å². The second kappa shape index (κ2) is 5.77. The topological polar surface area (TPSA) is 17.1 Å². The van der Waals surface area contributed by atoms with Gasteiger partial charge in [-0.3, -0.25) is 4.79 Å². The average Bonchev–Trinajstić information content (AvgIpc) is 2.37. The zero-order valence-corrected chi connectivity index (χ0v) is 12.4. The second-order valence-electron chi connectivity index (χ2n) is 4.24. The maximum Gasteiger partial charge on any atom is 0.168 e. The Bertz CT molecular complexity index is 618. The standard InChI is InChI=1S/C15H11F2IO/c1-9-4-2-5-10(15(9)18)14(19)8-11-12(16)6-3-7-13(11)17/h2-7H,8H2,1H3. The molecule has 2 aromatic rings. The molecular weight excluding hydrogens is 361 g/mol. The van der Waals surface area contributed by atoms with Crippen LogP contribution in [-0.4, -0.2) is 5.78 Å². The number of hydrogen-bond donors (Lipinski definition) is 0. The lowest BCUT2D eigenvalue weighted by atomic mass is 10.0. The van der Waals surface area contributed by atoms with Crippen molar-refractivity contribution in [3.05, 3.63) is 68.3 Å². The molecule has 2 rings (SSSR count). The van der Waals surface area contributed by atoms with Crippen LogP contribution in [0.3, 0.4) is 0 Å². The van der Waals surface area contributed by atoms with E-state index in [0.717, 1.165) is 21.3 Å². The predicted octanol–water partition coefficient (Wildman–Crippen LogP) is 4.30. The molecule has 0 atom stereocenters. The molecule has 0 aliphatic carbocycles. The molecule has 0 amide bonds. The molecule has 0 saturated carbocycles. The van der Waals surface area contributed by atoms with Crippen LogP contribution in [0.2, 0.25) is 0 Å². The summed E-state index contributed by atoms with van der Waals surface area (Å²) in [6, 6.07) is 8.94. The van der Waals surface area contributed by atoms with Crippen molar-refractivity contribution in [2.45, 2.75) is 13.3 Å². The van der Waals surface area contributed by atoms with Crippen LogP contribution in [0.25, 0.3) is 0 Å². The van der Waals surface area contributed by atoms with Crippen molar-refractivity contribution >= 4 is 28.4 Å². The Balaban J connectivity index is 2.34. The smallest absolute Gasteiger partial charge is 0.168 e. The third-order valence-corrected chi connectivity index (χ3v) is 4.32. The summed E-state index contributed by atoms with van der Waals surface area (Å²) in [7, 11) is 0. The third kappa shape index (κ3) is 3.00. The molecule has 0 bridgehead atoms. The molecule has 0 fully saturated rings. The van der Waals surface area contributed by atoms with E-state index < -0.39 is 11.6 Å². The molecule has 0 N–H and O–H groups in total. The van der Waals surface area contributed by atoms with E-state index in [-0.39, 0.29) is 17.8 Å². The normalized spacial score (nSPS) is 10.5. The van der Waals surface area contributed by atoms with E-state index in [0.29, 0.717) is 5.56 Å². The van der Waals surface area contributed by atoms with Gasteiger partial charge in [0.2, 0.25) is 0 Å². The van der Waals surface area contributed by atoms with Gasteiger partial charge in [-0.05, 0) is 47.2 Å². The van der Waals surface area contributed by atoms with Crippen molar-refractivity contribution in [2.75, 3.05) is 0 Å². The highest BCUT2D eigenvalue weighted by Crippen LogP contribution is 2.20. The minimum Gasteiger partial charge on any atom is -0.294 e. The molecule has 0 aliphatic heterocycles. The van der Waals surface area contributed by atoms with Gasteiger partial charge in [0.05, 0.1) is 0 Å². The Hall–Kier alpha value is -1.30. The van der Waals surface area contributed by atoms with Crippen molar-refractivity contribution in [3.63, 3.8) is 0 Å². The fraction of sp³-hybridized carbons (Fsp3) is 0.133. The fourth-order valence-electron chi connectivity index (χ4n) is 1.82. The van der Waals surface area contributed by atoms with E-state index in [1.165, 1.54) is 6.07 Å². The Morgan fingerprint density at radius 1 is 1.11 bits per heavy atom. The van der Waals surface area contributed by atoms with Crippen LogP contribution in [-0.2, 0) is 6.42 Å². The lowest BCUT2D eigenvalue weighted by Gasteiger charge is -2.07. The van der Waals surface area contributed by atoms with Crippen molar-refractivity contribution in [1.29, 1.82) is 0 Å². The number of Topliss-reactive ketones (excluding diaryl/α,β-unsaturated/α-hetero) is 1. The Labute approximate surface area is 123 Å². The minimum absolute atomic E-state index is 0.176. The molecule has 0 saturated heterocycles. The molecule has 0 radical (unpaired) electrons. The van der Waals surface area contributed by atoms with Crippen LogP contribution in [0, 0.1) is 22.1 Å². The Morgan fingerprint density at radius 3 is 2.32 bits per heavy atom. The van der Waals surface area contributed by atoms with Gasteiger partial charge in [0.25, 0.3) is 0 Å². The SMILES string of the molecule is Cc1cccc(C(=O)Cc2c(F)cccc2F)c1I. The molecule has 19 heavy (non-hydrogen) atoms. The third-order valence-electron chi connectivity index (χ3n) is 2.89. The number of hydrogen-bond acceptors (Lipinski definition) is 1. The number of carbonyl (C=O) groups is 1. The van der Waals surface area contributed by atoms with Gasteiger partial charge in [-0.1, -0.05) is 24.3 Å². The highest BCUT2D eigenvalue weighted by molar-refractivity contribution is 14.1. The maximum absolute atomic E-state index is 13.5. The summed E-state index contributed by atoms with van der Waals surface area (Å²) in [5.41, 5.74) is 1.30. The molecule has 0 unspecified atom stereocenters. The number of rotatable bonds is 3. The van der Waals surface area contributed by atoms with Gasteiger partial charge in [-0.25, -0.2) is 8.78 Å². The highest BCUT2D eigenvalue weighted by Gasteiger charge is 2.16. The Kier molecular flexibility index (Phi) is 4.29. The van der Waals surface area contributed by atoms with Crippen molar-refractivity contribution in [2.24, 2.45) is 0 Å². The summed E-state index contributed by atoms with van der Waals surface area (Å²) in [6.07, 6.45) is -0.266. The van der Waals surface area contributed by atoms with Crippen LogP contribution >= 0.6 is 22.6 Å². The van der Waals surface area contributed by atoms with Crippen molar-refractivity contribution < 1.29 is 13.6 Å². The van der Waals surface area contributed by atoms with Gasteiger partial charge in [0.15, 0.2) is 5.78 Å². The van der Waals surface area contributed by atoms with Crippen LogP contribution in [0.5, 0.6) is 0 Å². The van der Waals surface area contributed by atoms with Gasteiger partial charge in [-0.2, -0.15) is 0 Å². The number of aryl methyl sites for hydroxylation is 1. The molecule has 4 heteroatoms. The molecule has 2 aromatic carbocycles. The summed E-state index contributed by atoms with van der Waals surface area (Å²) < 4.78 is 27.8. The monoisotopic (exact) mass is 372 g/mol. The zero-order valence-electron chi connectivity index (χ0n) is 10.2. The molecule has 0 spiro atoms. The van der Waals surface area contributed by atoms with E-state index in [1.54, 1.807) is 12.1 Å². The van der Waals surface area contributed by atoms with Crippen LogP contribution in [0.1, 0.15) is 21.5 Å². The molecule has 1 nitrogen and oxygen atoms in total. The van der Waals surface area contributed by atoms with E-state index in [4.69, 9.17) is 0 Å². The number of carbonyl (C=O) groups excluding carboxylic acids is 1. The molecule has 0 aliphatic rings. The molecule has 0 aromatic heterocycles. The number of benzene rings is 2. The quantitative estimate of drug-likeness (QED) is 0.580. The summed E-state index contributed by atoms with van der Waals surface area (Å²) in [5, 5.41) is 0. The van der Waals surface area contributed by atoms with E-state index >= 15 is 0 Å². The maximum atomic E-state index is 13.5. The first-order valence-electron chi connectivity index (χ1n) is 5.72. The minimum atomic E-state index is -0.684. The second-order valence-corrected chi connectivity index (χ2v) is 5.32. The lowest BCUT2D eigenvalue weighted by molar-refractivity contribution is 0.0989. The predicted molar refractivity (Wildman–Crippen MR) is 78.3 cm³/mol. The molecule has 98 valence electrons. The van der Waals surface area contributed by atoms with Gasteiger partial charge >= 0.3 is 0 Å². The van der Waals surface area contributed by atoms with E-state index in [2.05, 4.69) is 22.6 Å². The van der Waals surface area contributed by atoms with Crippen LogP contribution < -0.4 is 0 Å². The first-order chi connectivity index (χ1) is 9.00. The first-order valence-corrected chi connectivity index (χ1v) is 6.79. The van der Waals surface area contributed by atoms with Gasteiger partial charge in [0, 0.05) is 21.1 Å². The molecule has 0 heterocycles. The van der Waals surface area contributed by atoms with Crippen molar-refractivity contribution in [3.8, 4) is 0 Å². The van der Waals surface area contributed by atoms with Crippen LogP contribution in [0.4, 0.5) is 8.78 Å². The molecular formula is C15H11F2IO. The lowest BCUT2D eigenvalue weighted by Crippen LogP contribution is -2.09. The number of ketones is 1. The van der Waals surface area contributed by atoms with Crippen LogP contribution in [0.15, 0.2) is 36.4 Å². The zero-order chi connectivity index (χ0) is 14.0. The summed E-state index contributed by atoms with van der Waals surface area (Å²) in [4.78, 5) is 12.2. The van der Waals surface area contributed by atoms with Crippen molar-refractivity contribution in [1.82, 2.24) is 0 Å². The Morgan fingerprint density at radius 2 is 1.68 bits per heavy atom. The summed E-state index contributed by atoms with van der Waals surface area (Å²) >= 11 is 2.07. The summed E-state index contributed by atoms with van der Waals surface area (Å²) in [6.45, 7) is 1.89. The van der Waals surface area contributed by atoms with E-state index in [9.17, 15) is 13.6 Å². The average molecular weight is 372 g/mol. The number of halogens is 3. The summed E-state index contributed by atoms with van der Waals surface area (Å²) in [5.74, 6) is -1.65. The van der Waals surface area contributed by atoms with E-state index in [1.807, 2.05) is 13.0 Å². The first kappa shape index (κ1) is 14.1. The van der Waals surface area contributed by atoms with Gasteiger partial charge in [0.1, 0.15) is 11.6 Å². The highest BCUT2D eigenvalue weighted by atomic mass is 127. The van der Waals surface area contributed by atoms with Gasteiger partial charge < -0.3 is 0 Å².